The van der Waals surface area contributed by atoms with Crippen LogP contribution in [0.4, 0.5) is 0 Å². The molecule has 0 atom stereocenters. The number of hydrogen-bond acceptors (Lipinski definition) is 3. The minimum absolute atomic E-state index is 0.0652. The number of rotatable bonds is 6. The van der Waals surface area contributed by atoms with Crippen molar-refractivity contribution in [2.45, 2.75) is 78.4 Å². The van der Waals surface area contributed by atoms with Gasteiger partial charge in [0.05, 0.1) is 0 Å². The van der Waals surface area contributed by atoms with Gasteiger partial charge in [-0.1, -0.05) is 6.42 Å². The molecular weight excluding hydrogens is 254 g/mol. The number of ether oxygens (including phenoxy) is 1. The van der Waals surface area contributed by atoms with Gasteiger partial charge in [0, 0.05) is 18.5 Å². The van der Waals surface area contributed by atoms with Gasteiger partial charge in [0.15, 0.2) is 5.96 Å². The number of guanidine groups is 1. The van der Waals surface area contributed by atoms with Crippen LogP contribution in [0.5, 0.6) is 0 Å². The summed E-state index contributed by atoms with van der Waals surface area (Å²) in [4.78, 5) is 15.7. The first-order chi connectivity index (χ1) is 8.99. The largest absolute Gasteiger partial charge is 0.460 e. The number of carbonyl (C=O) groups excluding carboxylic acids is 1. The molecule has 0 saturated carbocycles. The molecule has 0 aliphatic rings. The molecule has 0 bridgehead atoms. The van der Waals surface area contributed by atoms with Gasteiger partial charge in [0.1, 0.15) is 5.60 Å². The highest BCUT2D eigenvalue weighted by molar-refractivity contribution is 5.78. The zero-order chi connectivity index (χ0) is 15.8. The number of unbranched alkanes of at least 4 members (excludes halogenated alkanes) is 2. The quantitative estimate of drug-likeness (QED) is 0.340. The van der Waals surface area contributed by atoms with Crippen LogP contribution in [0.2, 0.25) is 0 Å². The number of esters is 1. The van der Waals surface area contributed by atoms with Crippen LogP contribution in [0.15, 0.2) is 4.99 Å². The van der Waals surface area contributed by atoms with Crippen molar-refractivity contribution in [3.8, 4) is 0 Å². The van der Waals surface area contributed by atoms with Crippen molar-refractivity contribution in [3.63, 3.8) is 0 Å². The molecule has 0 saturated heterocycles. The highest BCUT2D eigenvalue weighted by Crippen LogP contribution is 2.10. The Labute approximate surface area is 123 Å². The van der Waals surface area contributed by atoms with Crippen LogP contribution in [-0.4, -0.2) is 29.6 Å². The fourth-order valence-corrected chi connectivity index (χ4v) is 1.57. The van der Waals surface area contributed by atoms with Crippen molar-refractivity contribution in [1.82, 2.24) is 5.32 Å². The van der Waals surface area contributed by atoms with Crippen LogP contribution in [0.25, 0.3) is 0 Å². The molecule has 0 amide bonds. The molecule has 0 fully saturated rings. The van der Waals surface area contributed by atoms with Gasteiger partial charge >= 0.3 is 5.97 Å². The Morgan fingerprint density at radius 2 is 1.70 bits per heavy atom. The molecule has 20 heavy (non-hydrogen) atoms. The molecule has 0 rings (SSSR count). The van der Waals surface area contributed by atoms with E-state index in [1.807, 2.05) is 41.5 Å². The zero-order valence-electron chi connectivity index (χ0n) is 13.9. The number of nitrogens with zero attached hydrogens (tertiary/aromatic N) is 1. The molecular formula is C15H31N3O2. The lowest BCUT2D eigenvalue weighted by Crippen LogP contribution is -2.45. The number of hydrogen-bond donors (Lipinski definition) is 2. The lowest BCUT2D eigenvalue weighted by atomic mass is 10.1. The summed E-state index contributed by atoms with van der Waals surface area (Å²) in [6.45, 7) is 12.4. The Balaban J connectivity index is 3.68. The van der Waals surface area contributed by atoms with E-state index in [4.69, 9.17) is 10.5 Å². The van der Waals surface area contributed by atoms with Crippen molar-refractivity contribution in [2.24, 2.45) is 10.7 Å². The Hall–Kier alpha value is -1.26. The van der Waals surface area contributed by atoms with Gasteiger partial charge in [0.2, 0.25) is 0 Å². The van der Waals surface area contributed by atoms with Crippen LogP contribution < -0.4 is 11.1 Å². The van der Waals surface area contributed by atoms with Gasteiger partial charge in [-0.15, -0.1) is 0 Å². The minimum atomic E-state index is -0.394. The number of nitrogens with one attached hydrogen (secondary N) is 1. The Kier molecular flexibility index (Phi) is 7.61. The third-order valence-corrected chi connectivity index (χ3v) is 2.24. The molecule has 5 nitrogen and oxygen atoms in total. The molecule has 0 aromatic rings. The van der Waals surface area contributed by atoms with Crippen LogP contribution >= 0.6 is 0 Å². The third-order valence-electron chi connectivity index (χ3n) is 2.24. The van der Waals surface area contributed by atoms with E-state index in [0.717, 1.165) is 19.3 Å². The van der Waals surface area contributed by atoms with Crippen molar-refractivity contribution in [1.29, 1.82) is 0 Å². The summed E-state index contributed by atoms with van der Waals surface area (Å²) in [6.07, 6.45) is 3.18. The van der Waals surface area contributed by atoms with Gasteiger partial charge in [0.25, 0.3) is 0 Å². The van der Waals surface area contributed by atoms with Crippen LogP contribution in [0.3, 0.4) is 0 Å². The van der Waals surface area contributed by atoms with Crippen molar-refractivity contribution < 1.29 is 9.53 Å². The normalized spacial score (nSPS) is 13.2. The molecule has 0 spiro atoms. The molecule has 5 heteroatoms. The molecule has 0 radical (unpaired) electrons. The van der Waals surface area contributed by atoms with Gasteiger partial charge < -0.3 is 15.8 Å². The predicted octanol–water partition coefficient (Wildman–Crippen LogP) is 2.59. The second-order valence-electron chi connectivity index (χ2n) is 7.04. The smallest absolute Gasteiger partial charge is 0.306 e. The van der Waals surface area contributed by atoms with Crippen molar-refractivity contribution in [3.05, 3.63) is 0 Å². The van der Waals surface area contributed by atoms with Crippen LogP contribution in [0, 0.1) is 0 Å². The topological polar surface area (TPSA) is 76.7 Å². The van der Waals surface area contributed by atoms with E-state index in [-0.39, 0.29) is 11.5 Å². The summed E-state index contributed by atoms with van der Waals surface area (Å²) < 4.78 is 5.24. The van der Waals surface area contributed by atoms with E-state index in [9.17, 15) is 4.79 Å². The van der Waals surface area contributed by atoms with Crippen molar-refractivity contribution in [2.75, 3.05) is 6.54 Å². The van der Waals surface area contributed by atoms with Gasteiger partial charge in [-0.2, -0.15) is 0 Å². The summed E-state index contributed by atoms with van der Waals surface area (Å²) >= 11 is 0. The minimum Gasteiger partial charge on any atom is -0.460 e. The highest BCUT2D eigenvalue weighted by Gasteiger charge is 2.15. The Morgan fingerprint density at radius 1 is 1.10 bits per heavy atom. The maximum atomic E-state index is 11.5. The number of carbonyl (C=O) groups is 1. The summed E-state index contributed by atoms with van der Waals surface area (Å²) in [7, 11) is 0. The summed E-state index contributed by atoms with van der Waals surface area (Å²) in [6, 6.07) is 0. The monoisotopic (exact) mass is 285 g/mol. The Morgan fingerprint density at radius 3 is 2.20 bits per heavy atom. The third kappa shape index (κ3) is 13.2. The Bertz CT molecular complexity index is 325. The van der Waals surface area contributed by atoms with Crippen LogP contribution in [-0.2, 0) is 9.53 Å². The van der Waals surface area contributed by atoms with E-state index in [1.165, 1.54) is 0 Å². The maximum absolute atomic E-state index is 11.5. The van der Waals surface area contributed by atoms with E-state index in [0.29, 0.717) is 18.9 Å². The molecule has 0 aliphatic carbocycles. The molecule has 0 aliphatic heterocycles. The van der Waals surface area contributed by atoms with Gasteiger partial charge in [-0.25, -0.2) is 0 Å². The molecule has 0 aromatic carbocycles. The van der Waals surface area contributed by atoms with E-state index < -0.39 is 5.60 Å². The second-order valence-corrected chi connectivity index (χ2v) is 7.04. The summed E-state index contributed by atoms with van der Waals surface area (Å²) in [5.74, 6) is 0.347. The second kappa shape index (κ2) is 8.12. The fourth-order valence-electron chi connectivity index (χ4n) is 1.57. The van der Waals surface area contributed by atoms with E-state index >= 15 is 0 Å². The standard InChI is InChI=1S/C15H31N3O2/c1-14(2,3)18-13(16)17-11-9-7-8-10-12(19)20-15(4,5)6/h7-11H2,1-6H3,(H3,16,17,18). The van der Waals surface area contributed by atoms with Crippen molar-refractivity contribution >= 4 is 11.9 Å². The SMILES string of the molecule is CC(C)(C)NC(N)=NCCCCCC(=O)OC(C)(C)C. The average Bonchev–Trinajstić information content (AvgIpc) is 2.17. The van der Waals surface area contributed by atoms with E-state index in [1.54, 1.807) is 0 Å². The first-order valence-electron chi connectivity index (χ1n) is 7.29. The number of aliphatic imine (C=N–C) groups is 1. The predicted molar refractivity (Wildman–Crippen MR) is 83.7 cm³/mol. The molecule has 3 N–H and O–H groups in total. The molecule has 118 valence electrons. The first-order valence-corrected chi connectivity index (χ1v) is 7.29. The molecule has 0 heterocycles. The summed E-state index contributed by atoms with van der Waals surface area (Å²) in [5, 5.41) is 3.11. The maximum Gasteiger partial charge on any atom is 0.306 e. The number of nitrogens with two attached hydrogens (primary N) is 1. The lowest BCUT2D eigenvalue weighted by molar-refractivity contribution is -0.154. The average molecular weight is 285 g/mol. The molecule has 0 aromatic heterocycles. The fraction of sp³-hybridized carbons (Fsp3) is 0.867. The highest BCUT2D eigenvalue weighted by atomic mass is 16.6. The molecule has 0 unspecified atom stereocenters. The van der Waals surface area contributed by atoms with Gasteiger partial charge in [-0.3, -0.25) is 9.79 Å². The lowest BCUT2D eigenvalue weighted by Gasteiger charge is -2.21. The van der Waals surface area contributed by atoms with Gasteiger partial charge in [-0.05, 0) is 54.4 Å². The first kappa shape index (κ1) is 18.7. The zero-order valence-corrected chi connectivity index (χ0v) is 13.9. The summed E-state index contributed by atoms with van der Waals surface area (Å²) in [5.41, 5.74) is 5.30. The van der Waals surface area contributed by atoms with Crippen LogP contribution in [0.1, 0.15) is 67.2 Å². The van der Waals surface area contributed by atoms with E-state index in [2.05, 4.69) is 10.3 Å².